The molecule has 0 radical (unpaired) electrons. The number of aromatic nitrogens is 1. The molecule has 26 heavy (non-hydrogen) atoms. The lowest BCUT2D eigenvalue weighted by atomic mass is 10.3. The number of hydrogen-bond donors (Lipinski definition) is 1. The maximum atomic E-state index is 12.1. The van der Waals surface area contributed by atoms with Crippen LogP contribution in [0.2, 0.25) is 0 Å². The molecule has 136 valence electrons. The lowest BCUT2D eigenvalue weighted by Gasteiger charge is -2.10. The first-order valence-electron chi connectivity index (χ1n) is 7.56. The normalized spacial score (nSPS) is 11.5. The molecule has 1 aromatic heterocycles. The number of alkyl halides is 3. The van der Waals surface area contributed by atoms with E-state index in [0.29, 0.717) is 5.69 Å². The number of amides is 1. The van der Waals surface area contributed by atoms with Crippen molar-refractivity contribution in [1.29, 1.82) is 0 Å². The average Bonchev–Trinajstić information content (AvgIpc) is 2.89. The average molecular weight is 382 g/mol. The monoisotopic (exact) mass is 382 g/mol. The second-order valence-electron chi connectivity index (χ2n) is 5.36. The summed E-state index contributed by atoms with van der Waals surface area (Å²) in [5.41, 5.74) is 1.11. The van der Waals surface area contributed by atoms with Crippen LogP contribution in [-0.2, 0) is 11.3 Å². The largest absolute Gasteiger partial charge is 0.573 e. The zero-order valence-corrected chi connectivity index (χ0v) is 14.1. The molecule has 1 N–H and O–H groups in total. The molecule has 0 unspecified atom stereocenters. The lowest BCUT2D eigenvalue weighted by molar-refractivity contribution is -0.274. The molecule has 5 nitrogen and oxygen atoms in total. The van der Waals surface area contributed by atoms with Crippen molar-refractivity contribution in [2.24, 2.45) is 0 Å². The van der Waals surface area contributed by atoms with Gasteiger partial charge < -0.3 is 10.1 Å². The van der Waals surface area contributed by atoms with Gasteiger partial charge in [-0.25, -0.2) is 0 Å². The minimum absolute atomic E-state index is 0.0570. The highest BCUT2D eigenvalue weighted by atomic mass is 32.1. The van der Waals surface area contributed by atoms with Gasteiger partial charge in [0, 0.05) is 18.7 Å². The van der Waals surface area contributed by atoms with Crippen LogP contribution in [-0.4, -0.2) is 16.8 Å². The fourth-order valence-corrected chi connectivity index (χ4v) is 3.32. The van der Waals surface area contributed by atoms with Crippen LogP contribution in [0.15, 0.2) is 53.3 Å². The molecule has 9 heteroatoms. The van der Waals surface area contributed by atoms with Gasteiger partial charge in [0.2, 0.25) is 5.91 Å². The van der Waals surface area contributed by atoms with E-state index in [-0.39, 0.29) is 29.5 Å². The molecule has 0 aliphatic rings. The summed E-state index contributed by atoms with van der Waals surface area (Å²) in [6.07, 6.45) is -4.71. The van der Waals surface area contributed by atoms with Gasteiger partial charge in [-0.1, -0.05) is 23.5 Å². The second-order valence-corrected chi connectivity index (χ2v) is 6.35. The van der Waals surface area contributed by atoms with E-state index >= 15 is 0 Å². The number of hydrogen-bond acceptors (Lipinski definition) is 4. The summed E-state index contributed by atoms with van der Waals surface area (Å²) in [7, 11) is 0. The summed E-state index contributed by atoms with van der Waals surface area (Å²) >= 11 is 1.11. The molecular weight excluding hydrogens is 369 g/mol. The van der Waals surface area contributed by atoms with Gasteiger partial charge in [-0.2, -0.15) is 0 Å². The first-order chi connectivity index (χ1) is 12.3. The van der Waals surface area contributed by atoms with Crippen LogP contribution in [0.3, 0.4) is 0 Å². The molecule has 0 atom stereocenters. The van der Waals surface area contributed by atoms with Gasteiger partial charge in [-0.05, 0) is 36.4 Å². The SMILES string of the molecule is O=C(CCn1c(=O)sc2ccccc21)Nc1ccc(OC(F)(F)F)cc1. The smallest absolute Gasteiger partial charge is 0.406 e. The maximum absolute atomic E-state index is 12.1. The van der Waals surface area contributed by atoms with E-state index in [0.717, 1.165) is 33.7 Å². The highest BCUT2D eigenvalue weighted by Crippen LogP contribution is 2.24. The van der Waals surface area contributed by atoms with Crippen molar-refractivity contribution in [3.05, 3.63) is 58.2 Å². The number of fused-ring (bicyclic) bond motifs is 1. The first kappa shape index (κ1) is 18.0. The van der Waals surface area contributed by atoms with E-state index in [1.54, 1.807) is 0 Å². The maximum Gasteiger partial charge on any atom is 0.573 e. The van der Waals surface area contributed by atoms with Crippen molar-refractivity contribution in [3.8, 4) is 5.75 Å². The molecule has 0 fully saturated rings. The topological polar surface area (TPSA) is 60.3 Å². The van der Waals surface area contributed by atoms with E-state index in [4.69, 9.17) is 0 Å². The Morgan fingerprint density at radius 1 is 1.12 bits per heavy atom. The summed E-state index contributed by atoms with van der Waals surface area (Å²) in [4.78, 5) is 23.9. The molecule has 3 aromatic rings. The van der Waals surface area contributed by atoms with Gasteiger partial charge in [0.05, 0.1) is 10.2 Å². The number of nitrogens with one attached hydrogen (secondary N) is 1. The van der Waals surface area contributed by atoms with Crippen LogP contribution in [0.4, 0.5) is 18.9 Å². The van der Waals surface area contributed by atoms with E-state index in [1.807, 2.05) is 24.3 Å². The molecule has 1 amide bonds. The number of aryl methyl sites for hydroxylation is 1. The molecule has 0 saturated heterocycles. The Kier molecular flexibility index (Phi) is 4.99. The molecular formula is C17H13F3N2O3S. The number of carbonyl (C=O) groups excluding carboxylic acids is 1. The standard InChI is InChI=1S/C17H13F3N2O3S/c18-17(19,20)25-12-7-5-11(6-8-12)21-15(23)9-10-22-13-3-1-2-4-14(13)26-16(22)24/h1-8H,9-10H2,(H,21,23). The number of para-hydroxylation sites is 1. The van der Waals surface area contributed by atoms with Gasteiger partial charge >= 0.3 is 11.2 Å². The molecule has 0 bridgehead atoms. The Morgan fingerprint density at radius 2 is 1.81 bits per heavy atom. The van der Waals surface area contributed by atoms with Crippen molar-refractivity contribution in [2.75, 3.05) is 5.32 Å². The number of anilines is 1. The minimum atomic E-state index is -4.76. The quantitative estimate of drug-likeness (QED) is 0.726. The van der Waals surface area contributed by atoms with Gasteiger partial charge in [0.1, 0.15) is 5.75 Å². The highest BCUT2D eigenvalue weighted by molar-refractivity contribution is 7.16. The fraction of sp³-hybridized carbons (Fsp3) is 0.176. The second kappa shape index (κ2) is 7.20. The molecule has 0 aliphatic carbocycles. The summed E-state index contributed by atoms with van der Waals surface area (Å²) in [5.74, 6) is -0.719. The minimum Gasteiger partial charge on any atom is -0.406 e. The Balaban J connectivity index is 1.60. The predicted molar refractivity (Wildman–Crippen MR) is 92.5 cm³/mol. The molecule has 3 rings (SSSR count). The zero-order valence-electron chi connectivity index (χ0n) is 13.2. The predicted octanol–water partition coefficient (Wildman–Crippen LogP) is 3.99. The summed E-state index contributed by atoms with van der Waals surface area (Å²) in [6, 6.07) is 12.1. The van der Waals surface area contributed by atoms with Gasteiger partial charge in [-0.3, -0.25) is 14.2 Å². The molecule has 1 heterocycles. The van der Waals surface area contributed by atoms with Crippen LogP contribution < -0.4 is 14.9 Å². The molecule has 2 aromatic carbocycles. The Morgan fingerprint density at radius 3 is 2.50 bits per heavy atom. The molecule has 0 saturated carbocycles. The summed E-state index contributed by atoms with van der Waals surface area (Å²) in [5, 5.41) is 2.57. The number of nitrogens with zero attached hydrogens (tertiary/aromatic N) is 1. The van der Waals surface area contributed by atoms with Crippen molar-refractivity contribution in [2.45, 2.75) is 19.3 Å². The Hall–Kier alpha value is -2.81. The van der Waals surface area contributed by atoms with Crippen LogP contribution in [0, 0.1) is 0 Å². The van der Waals surface area contributed by atoms with Crippen molar-refractivity contribution < 1.29 is 22.7 Å². The van der Waals surface area contributed by atoms with Crippen molar-refractivity contribution in [3.63, 3.8) is 0 Å². The highest BCUT2D eigenvalue weighted by Gasteiger charge is 2.30. The third kappa shape index (κ3) is 4.42. The van der Waals surface area contributed by atoms with Crippen molar-refractivity contribution >= 4 is 33.1 Å². The third-order valence-corrected chi connectivity index (χ3v) is 4.47. The van der Waals surface area contributed by atoms with Gasteiger partial charge in [0.15, 0.2) is 0 Å². The van der Waals surface area contributed by atoms with Crippen LogP contribution in [0.1, 0.15) is 6.42 Å². The summed E-state index contributed by atoms with van der Waals surface area (Å²) in [6.45, 7) is 0.212. The van der Waals surface area contributed by atoms with Crippen LogP contribution in [0.5, 0.6) is 5.75 Å². The number of rotatable bonds is 5. The number of ether oxygens (including phenoxy) is 1. The van der Waals surface area contributed by atoms with E-state index < -0.39 is 6.36 Å². The van der Waals surface area contributed by atoms with Crippen LogP contribution in [0.25, 0.3) is 10.2 Å². The third-order valence-electron chi connectivity index (χ3n) is 3.51. The van der Waals surface area contributed by atoms with E-state index in [2.05, 4.69) is 10.1 Å². The zero-order chi connectivity index (χ0) is 18.7. The molecule has 0 aliphatic heterocycles. The number of halogens is 3. The van der Waals surface area contributed by atoms with E-state index in [1.165, 1.54) is 16.7 Å². The fourth-order valence-electron chi connectivity index (χ4n) is 2.40. The Labute approximate surface area is 149 Å². The lowest BCUT2D eigenvalue weighted by Crippen LogP contribution is -2.19. The Bertz CT molecular complexity index is 977. The number of thiazole rings is 1. The number of carbonyl (C=O) groups is 1. The number of benzene rings is 2. The molecule has 0 spiro atoms. The van der Waals surface area contributed by atoms with E-state index in [9.17, 15) is 22.8 Å². The van der Waals surface area contributed by atoms with Gasteiger partial charge in [0.25, 0.3) is 0 Å². The van der Waals surface area contributed by atoms with Gasteiger partial charge in [-0.15, -0.1) is 13.2 Å². The first-order valence-corrected chi connectivity index (χ1v) is 8.37. The van der Waals surface area contributed by atoms with Crippen LogP contribution >= 0.6 is 11.3 Å². The van der Waals surface area contributed by atoms with Crippen molar-refractivity contribution in [1.82, 2.24) is 4.57 Å². The summed E-state index contributed by atoms with van der Waals surface area (Å²) < 4.78 is 42.5.